The van der Waals surface area contributed by atoms with Crippen molar-refractivity contribution in [2.45, 2.75) is 0 Å². The molecule has 0 radical (unpaired) electrons. The van der Waals surface area contributed by atoms with E-state index in [1.807, 2.05) is 0 Å². The van der Waals surface area contributed by atoms with Crippen molar-refractivity contribution in [3.63, 3.8) is 0 Å². The van der Waals surface area contributed by atoms with Crippen LogP contribution in [0.25, 0.3) is 0 Å². The fourth-order valence-corrected chi connectivity index (χ4v) is 1.25. The summed E-state index contributed by atoms with van der Waals surface area (Å²) < 4.78 is 25.2. The van der Waals surface area contributed by atoms with Crippen molar-refractivity contribution in [2.75, 3.05) is 5.43 Å². The highest BCUT2D eigenvalue weighted by atomic mass is 19.1. The SMILES string of the molecule is Fc1ccc(C=NNc2ccc(F)cc2)cc1. The first kappa shape index (κ1) is 11.3. The second kappa shape index (κ2) is 5.21. The molecule has 0 unspecified atom stereocenters. The summed E-state index contributed by atoms with van der Waals surface area (Å²) in [5, 5.41) is 3.95. The van der Waals surface area contributed by atoms with Crippen molar-refractivity contribution in [1.29, 1.82) is 0 Å². The van der Waals surface area contributed by atoms with Gasteiger partial charge >= 0.3 is 0 Å². The number of benzene rings is 2. The van der Waals surface area contributed by atoms with Gasteiger partial charge < -0.3 is 0 Å². The zero-order valence-electron chi connectivity index (χ0n) is 8.90. The normalized spacial score (nSPS) is 10.7. The maximum atomic E-state index is 12.6. The smallest absolute Gasteiger partial charge is 0.123 e. The summed E-state index contributed by atoms with van der Waals surface area (Å²) in [5.74, 6) is -0.577. The third kappa shape index (κ3) is 3.38. The highest BCUT2D eigenvalue weighted by molar-refractivity contribution is 5.80. The molecule has 4 heteroatoms. The van der Waals surface area contributed by atoms with Crippen molar-refractivity contribution < 1.29 is 8.78 Å². The lowest BCUT2D eigenvalue weighted by molar-refractivity contribution is 0.627. The Labute approximate surface area is 97.6 Å². The Morgan fingerprint density at radius 3 is 1.94 bits per heavy atom. The molecule has 2 rings (SSSR count). The number of nitrogens with zero attached hydrogens (tertiary/aromatic N) is 1. The van der Waals surface area contributed by atoms with E-state index in [0.717, 1.165) is 5.56 Å². The highest BCUT2D eigenvalue weighted by Crippen LogP contribution is 2.08. The lowest BCUT2D eigenvalue weighted by atomic mass is 10.2. The lowest BCUT2D eigenvalue weighted by Gasteiger charge is -1.99. The van der Waals surface area contributed by atoms with Gasteiger partial charge in [-0.3, -0.25) is 5.43 Å². The van der Waals surface area contributed by atoms with Crippen LogP contribution in [0.5, 0.6) is 0 Å². The van der Waals surface area contributed by atoms with Crippen molar-refractivity contribution in [3.8, 4) is 0 Å². The monoisotopic (exact) mass is 232 g/mol. The third-order valence-corrected chi connectivity index (χ3v) is 2.12. The molecule has 86 valence electrons. The zero-order chi connectivity index (χ0) is 12.1. The number of rotatable bonds is 3. The second-order valence-electron chi connectivity index (χ2n) is 3.43. The van der Waals surface area contributed by atoms with Crippen LogP contribution in [-0.4, -0.2) is 6.21 Å². The van der Waals surface area contributed by atoms with Crippen molar-refractivity contribution in [3.05, 3.63) is 65.7 Å². The number of hydrogen-bond acceptors (Lipinski definition) is 2. The largest absolute Gasteiger partial charge is 0.279 e. The van der Waals surface area contributed by atoms with Crippen LogP contribution in [0.3, 0.4) is 0 Å². The van der Waals surface area contributed by atoms with E-state index in [2.05, 4.69) is 10.5 Å². The molecule has 17 heavy (non-hydrogen) atoms. The van der Waals surface area contributed by atoms with Crippen molar-refractivity contribution in [1.82, 2.24) is 0 Å². The minimum atomic E-state index is -0.293. The van der Waals surface area contributed by atoms with Gasteiger partial charge in [0, 0.05) is 0 Å². The van der Waals surface area contributed by atoms with Crippen LogP contribution in [-0.2, 0) is 0 Å². The van der Waals surface area contributed by atoms with Crippen molar-refractivity contribution >= 4 is 11.9 Å². The standard InChI is InChI=1S/C13H10F2N2/c14-11-3-1-10(2-4-11)9-16-17-13-7-5-12(15)6-8-13/h1-9,17H. The average Bonchev–Trinajstić information content (AvgIpc) is 2.34. The highest BCUT2D eigenvalue weighted by Gasteiger charge is 1.91. The van der Waals surface area contributed by atoms with Crippen LogP contribution in [0.4, 0.5) is 14.5 Å². The molecule has 0 spiro atoms. The molecule has 0 aliphatic rings. The molecule has 0 aromatic heterocycles. The van der Waals surface area contributed by atoms with Gasteiger partial charge in [-0.05, 0) is 42.0 Å². The summed E-state index contributed by atoms with van der Waals surface area (Å²) in [6.07, 6.45) is 1.56. The summed E-state index contributed by atoms with van der Waals surface area (Å²) in [6, 6.07) is 11.8. The molecule has 2 aromatic carbocycles. The van der Waals surface area contributed by atoms with E-state index >= 15 is 0 Å². The molecule has 0 fully saturated rings. The molecular formula is C13H10F2N2. The predicted molar refractivity (Wildman–Crippen MR) is 64.0 cm³/mol. The molecule has 0 saturated heterocycles. The molecule has 0 aliphatic carbocycles. The van der Waals surface area contributed by atoms with Gasteiger partial charge in [-0.1, -0.05) is 12.1 Å². The van der Waals surface area contributed by atoms with E-state index in [-0.39, 0.29) is 11.6 Å². The molecule has 0 heterocycles. The van der Waals surface area contributed by atoms with Crippen LogP contribution in [0.2, 0.25) is 0 Å². The maximum Gasteiger partial charge on any atom is 0.123 e. The van der Waals surface area contributed by atoms with E-state index in [9.17, 15) is 8.78 Å². The van der Waals surface area contributed by atoms with Gasteiger partial charge in [0.2, 0.25) is 0 Å². The molecule has 0 aliphatic heterocycles. The van der Waals surface area contributed by atoms with Gasteiger partial charge in [-0.2, -0.15) is 5.10 Å². The first-order valence-corrected chi connectivity index (χ1v) is 5.04. The Morgan fingerprint density at radius 2 is 1.35 bits per heavy atom. The van der Waals surface area contributed by atoms with Gasteiger partial charge in [0.1, 0.15) is 11.6 Å². The average molecular weight is 232 g/mol. The van der Waals surface area contributed by atoms with Crippen LogP contribution in [0, 0.1) is 11.6 Å². The van der Waals surface area contributed by atoms with Gasteiger partial charge in [-0.15, -0.1) is 0 Å². The topological polar surface area (TPSA) is 24.4 Å². The van der Waals surface area contributed by atoms with E-state index in [1.54, 1.807) is 30.5 Å². The van der Waals surface area contributed by atoms with Gasteiger partial charge in [0.05, 0.1) is 11.9 Å². The Kier molecular flexibility index (Phi) is 3.45. The predicted octanol–water partition coefficient (Wildman–Crippen LogP) is 3.41. The Hall–Kier alpha value is -2.23. The van der Waals surface area contributed by atoms with Crippen LogP contribution in [0.15, 0.2) is 53.6 Å². The quantitative estimate of drug-likeness (QED) is 0.636. The zero-order valence-corrected chi connectivity index (χ0v) is 8.90. The fraction of sp³-hybridized carbons (Fsp3) is 0. The Bertz CT molecular complexity index is 504. The minimum absolute atomic E-state index is 0.284. The summed E-state index contributed by atoms with van der Waals surface area (Å²) in [7, 11) is 0. The molecule has 0 atom stereocenters. The first-order chi connectivity index (χ1) is 8.24. The van der Waals surface area contributed by atoms with Gasteiger partial charge in [-0.25, -0.2) is 8.78 Å². The Morgan fingerprint density at radius 1 is 0.824 bits per heavy atom. The van der Waals surface area contributed by atoms with E-state index in [1.165, 1.54) is 24.3 Å². The van der Waals surface area contributed by atoms with Crippen molar-refractivity contribution in [2.24, 2.45) is 5.10 Å². The lowest BCUT2D eigenvalue weighted by Crippen LogP contribution is -1.90. The number of nitrogens with one attached hydrogen (secondary N) is 1. The number of halogens is 2. The van der Waals surface area contributed by atoms with E-state index in [4.69, 9.17) is 0 Å². The summed E-state index contributed by atoms with van der Waals surface area (Å²) in [5.41, 5.74) is 4.21. The maximum absolute atomic E-state index is 12.6. The molecular weight excluding hydrogens is 222 g/mol. The van der Waals surface area contributed by atoms with Crippen LogP contribution in [0.1, 0.15) is 5.56 Å². The summed E-state index contributed by atoms with van der Waals surface area (Å²) in [4.78, 5) is 0. The fourth-order valence-electron chi connectivity index (χ4n) is 1.25. The molecule has 2 nitrogen and oxygen atoms in total. The third-order valence-electron chi connectivity index (χ3n) is 2.12. The van der Waals surface area contributed by atoms with E-state index in [0.29, 0.717) is 5.69 Å². The van der Waals surface area contributed by atoms with Crippen LogP contribution < -0.4 is 5.43 Å². The summed E-state index contributed by atoms with van der Waals surface area (Å²) in [6.45, 7) is 0. The van der Waals surface area contributed by atoms with Crippen LogP contribution >= 0.6 is 0 Å². The molecule has 0 saturated carbocycles. The number of hydrogen-bond donors (Lipinski definition) is 1. The summed E-state index contributed by atoms with van der Waals surface area (Å²) >= 11 is 0. The second-order valence-corrected chi connectivity index (χ2v) is 3.43. The molecule has 2 aromatic rings. The van der Waals surface area contributed by atoms with Gasteiger partial charge in [0.25, 0.3) is 0 Å². The minimum Gasteiger partial charge on any atom is -0.279 e. The number of anilines is 1. The number of hydrazone groups is 1. The molecule has 1 N–H and O–H groups in total. The van der Waals surface area contributed by atoms with Gasteiger partial charge in [0.15, 0.2) is 0 Å². The molecule has 0 amide bonds. The van der Waals surface area contributed by atoms with E-state index < -0.39 is 0 Å². The molecule has 0 bridgehead atoms. The first-order valence-electron chi connectivity index (χ1n) is 5.04. The Balaban J connectivity index is 1.97.